The summed E-state index contributed by atoms with van der Waals surface area (Å²) in [6, 6.07) is 3.08. The third kappa shape index (κ3) is 7.78. The normalized spacial score (nSPS) is 18.3. The number of alkyl halides is 2. The average molecular weight is 540 g/mol. The molecule has 0 spiro atoms. The van der Waals surface area contributed by atoms with Gasteiger partial charge in [0, 0.05) is 50.3 Å². The maximum Gasteiger partial charge on any atom is 0.410 e. The first-order valence-corrected chi connectivity index (χ1v) is 12.7. The van der Waals surface area contributed by atoms with Crippen LogP contribution in [0.3, 0.4) is 0 Å². The van der Waals surface area contributed by atoms with E-state index in [1.807, 2.05) is 4.90 Å². The van der Waals surface area contributed by atoms with E-state index in [-0.39, 0.29) is 36.7 Å². The number of benzene rings is 1. The Bertz CT molecular complexity index is 1050. The van der Waals surface area contributed by atoms with Crippen molar-refractivity contribution in [2.24, 2.45) is 5.92 Å². The Morgan fingerprint density at radius 1 is 1.13 bits per heavy atom. The van der Waals surface area contributed by atoms with Gasteiger partial charge >= 0.3 is 18.7 Å². The molecule has 0 bridgehead atoms. The second kappa shape index (κ2) is 12.4. The molecule has 2 aliphatic rings. The number of hydrogen-bond donors (Lipinski definition) is 1. The Labute approximate surface area is 220 Å². The number of halogens is 2. The second-order valence-electron chi connectivity index (χ2n) is 10.2. The number of carbonyl (C=O) groups excluding carboxylic acids is 4. The van der Waals surface area contributed by atoms with Gasteiger partial charge in [-0.1, -0.05) is 0 Å². The molecular weight excluding hydrogens is 504 g/mol. The number of ether oxygens (including phenoxy) is 3. The van der Waals surface area contributed by atoms with Crippen molar-refractivity contribution in [2.75, 3.05) is 37.7 Å². The van der Waals surface area contributed by atoms with Gasteiger partial charge in [-0.3, -0.25) is 14.9 Å². The fourth-order valence-electron chi connectivity index (χ4n) is 4.48. The van der Waals surface area contributed by atoms with Crippen LogP contribution in [-0.4, -0.2) is 73.8 Å². The fraction of sp³-hybridized carbons (Fsp3) is 0.615. The van der Waals surface area contributed by atoms with Gasteiger partial charge in [-0.05, 0) is 58.6 Å². The molecule has 1 aromatic rings. The minimum atomic E-state index is -3.18. The number of carbonyl (C=O) groups is 4. The molecule has 1 N–H and O–H groups in total. The summed E-state index contributed by atoms with van der Waals surface area (Å²) in [4.78, 5) is 52.5. The fourth-order valence-corrected chi connectivity index (χ4v) is 4.48. The molecule has 3 amide bonds. The number of hydrogen-bond acceptors (Lipinski definition) is 8. The van der Waals surface area contributed by atoms with Crippen LogP contribution in [0.2, 0.25) is 0 Å². The van der Waals surface area contributed by atoms with Crippen LogP contribution in [0, 0.1) is 5.92 Å². The predicted octanol–water partition coefficient (Wildman–Crippen LogP) is 3.51. The molecule has 38 heavy (non-hydrogen) atoms. The Hall–Kier alpha value is -3.44. The number of aryl methyl sites for hydroxylation is 1. The molecule has 0 saturated carbocycles. The van der Waals surface area contributed by atoms with E-state index in [4.69, 9.17) is 14.2 Å². The molecular formula is C26H35F2N3O7. The number of nitrogens with one attached hydrogen (secondary N) is 1. The molecule has 12 heteroatoms. The number of nitrogens with zero attached hydrogens (tertiary/aromatic N) is 2. The van der Waals surface area contributed by atoms with Crippen LogP contribution in [0.1, 0.15) is 62.9 Å². The lowest BCUT2D eigenvalue weighted by Gasteiger charge is -2.37. The number of piperazine rings is 1. The molecule has 1 aromatic carbocycles. The summed E-state index contributed by atoms with van der Waals surface area (Å²) in [7, 11) is 0. The van der Waals surface area contributed by atoms with Crippen LogP contribution < -0.4 is 15.0 Å². The maximum absolute atomic E-state index is 13.4. The number of rotatable bonds is 8. The van der Waals surface area contributed by atoms with Gasteiger partial charge in [0.1, 0.15) is 16.9 Å². The molecule has 2 fully saturated rings. The molecule has 10 nitrogen and oxygen atoms in total. The van der Waals surface area contributed by atoms with Crippen molar-refractivity contribution >= 4 is 29.6 Å². The van der Waals surface area contributed by atoms with Crippen LogP contribution in [0.4, 0.5) is 19.3 Å². The lowest BCUT2D eigenvalue weighted by atomic mass is 9.90. The SMILES string of the molecule is CCOC(=O)c1c(CCC2CCC(=O)NC2=O)cc(N2CCN(C(=O)OC(C)(C)C)CC2)cc1OC(F)F. The minimum absolute atomic E-state index is 0.0356. The lowest BCUT2D eigenvalue weighted by molar-refractivity contribution is -0.136. The van der Waals surface area contributed by atoms with Crippen LogP contribution in [0.25, 0.3) is 0 Å². The largest absolute Gasteiger partial charge is 0.462 e. The molecule has 0 aromatic heterocycles. The van der Waals surface area contributed by atoms with Crippen LogP contribution in [0.15, 0.2) is 12.1 Å². The lowest BCUT2D eigenvalue weighted by Crippen LogP contribution is -2.50. The summed E-state index contributed by atoms with van der Waals surface area (Å²) < 4.78 is 42.0. The second-order valence-corrected chi connectivity index (χ2v) is 10.2. The topological polar surface area (TPSA) is 114 Å². The number of amides is 3. The smallest absolute Gasteiger partial charge is 0.410 e. The highest BCUT2D eigenvalue weighted by atomic mass is 19.3. The summed E-state index contributed by atoms with van der Waals surface area (Å²) in [6.07, 6.45) is 0.650. The highest BCUT2D eigenvalue weighted by molar-refractivity contribution is 5.98. The predicted molar refractivity (Wildman–Crippen MR) is 133 cm³/mol. The van der Waals surface area contributed by atoms with Crippen molar-refractivity contribution < 1.29 is 42.2 Å². The first-order valence-electron chi connectivity index (χ1n) is 12.7. The van der Waals surface area contributed by atoms with Gasteiger partial charge in [-0.2, -0.15) is 8.78 Å². The molecule has 2 saturated heterocycles. The highest BCUT2D eigenvalue weighted by Gasteiger charge is 2.30. The zero-order chi connectivity index (χ0) is 28.0. The Morgan fingerprint density at radius 3 is 2.39 bits per heavy atom. The number of esters is 1. The number of imide groups is 1. The third-order valence-corrected chi connectivity index (χ3v) is 6.28. The quantitative estimate of drug-likeness (QED) is 0.394. The van der Waals surface area contributed by atoms with Gasteiger partial charge < -0.3 is 24.0 Å². The van der Waals surface area contributed by atoms with E-state index in [2.05, 4.69) is 5.32 Å². The maximum atomic E-state index is 13.4. The highest BCUT2D eigenvalue weighted by Crippen LogP contribution is 2.34. The van der Waals surface area contributed by atoms with E-state index in [0.29, 0.717) is 50.3 Å². The Balaban J connectivity index is 1.87. The monoisotopic (exact) mass is 539 g/mol. The van der Waals surface area contributed by atoms with Gasteiger partial charge in [0.2, 0.25) is 11.8 Å². The molecule has 2 aliphatic heterocycles. The van der Waals surface area contributed by atoms with E-state index >= 15 is 0 Å². The van der Waals surface area contributed by atoms with Crippen LogP contribution in [0.5, 0.6) is 5.75 Å². The van der Waals surface area contributed by atoms with Gasteiger partial charge in [-0.15, -0.1) is 0 Å². The van der Waals surface area contributed by atoms with Crippen molar-refractivity contribution in [2.45, 2.75) is 65.6 Å². The summed E-state index contributed by atoms with van der Waals surface area (Å²) in [5, 5.41) is 2.31. The zero-order valence-electron chi connectivity index (χ0n) is 22.2. The van der Waals surface area contributed by atoms with Crippen LogP contribution >= 0.6 is 0 Å². The van der Waals surface area contributed by atoms with E-state index in [9.17, 15) is 28.0 Å². The number of anilines is 1. The van der Waals surface area contributed by atoms with E-state index in [1.165, 1.54) is 6.07 Å². The van der Waals surface area contributed by atoms with Crippen molar-refractivity contribution in [3.63, 3.8) is 0 Å². The summed E-state index contributed by atoms with van der Waals surface area (Å²) in [5.41, 5.74) is 0.193. The molecule has 210 valence electrons. The van der Waals surface area contributed by atoms with Crippen molar-refractivity contribution in [3.05, 3.63) is 23.3 Å². The Kier molecular flexibility index (Phi) is 9.50. The van der Waals surface area contributed by atoms with E-state index < -0.39 is 36.1 Å². The molecule has 0 aliphatic carbocycles. The van der Waals surface area contributed by atoms with Crippen molar-refractivity contribution in [1.29, 1.82) is 0 Å². The van der Waals surface area contributed by atoms with Crippen LogP contribution in [-0.2, 0) is 25.5 Å². The van der Waals surface area contributed by atoms with Gasteiger partial charge in [0.05, 0.1) is 6.61 Å². The zero-order valence-corrected chi connectivity index (χ0v) is 22.2. The summed E-state index contributed by atoms with van der Waals surface area (Å²) in [6.45, 7) is 5.33. The average Bonchev–Trinajstić information content (AvgIpc) is 2.82. The Morgan fingerprint density at radius 2 is 1.82 bits per heavy atom. The summed E-state index contributed by atoms with van der Waals surface area (Å²) in [5.74, 6) is -2.30. The molecule has 2 heterocycles. The summed E-state index contributed by atoms with van der Waals surface area (Å²) >= 11 is 0. The molecule has 1 atom stereocenters. The molecule has 0 radical (unpaired) electrons. The van der Waals surface area contributed by atoms with Gasteiger partial charge in [0.15, 0.2) is 0 Å². The third-order valence-electron chi connectivity index (χ3n) is 6.28. The first kappa shape index (κ1) is 29.1. The van der Waals surface area contributed by atoms with Crippen molar-refractivity contribution in [3.8, 4) is 5.75 Å². The van der Waals surface area contributed by atoms with Crippen molar-refractivity contribution in [1.82, 2.24) is 10.2 Å². The minimum Gasteiger partial charge on any atom is -0.462 e. The standard InChI is InChI=1S/C26H35F2N3O7/c1-5-36-23(34)21-17(7-6-16-8-9-20(32)29-22(16)33)14-18(15-19(21)37-24(27)28)30-10-12-31(13-11-30)25(35)38-26(2,3)4/h14-16,24H,5-13H2,1-4H3,(H,29,32,33). The molecule has 3 rings (SSSR count). The van der Waals surface area contributed by atoms with E-state index in [0.717, 1.165) is 0 Å². The van der Waals surface area contributed by atoms with Gasteiger partial charge in [-0.25, -0.2) is 9.59 Å². The first-order chi connectivity index (χ1) is 17.9. The van der Waals surface area contributed by atoms with E-state index in [1.54, 1.807) is 38.7 Å². The molecule has 1 unspecified atom stereocenters. The van der Waals surface area contributed by atoms with Gasteiger partial charge in [0.25, 0.3) is 0 Å². The number of piperidine rings is 1.